The first-order valence-electron chi connectivity index (χ1n) is 5.30. The van der Waals surface area contributed by atoms with Crippen molar-refractivity contribution in [1.82, 2.24) is 14.6 Å². The van der Waals surface area contributed by atoms with Gasteiger partial charge in [-0.05, 0) is 25.5 Å². The zero-order valence-corrected chi connectivity index (χ0v) is 9.20. The van der Waals surface area contributed by atoms with Crippen molar-refractivity contribution in [2.24, 2.45) is 5.73 Å². The van der Waals surface area contributed by atoms with Gasteiger partial charge in [-0.25, -0.2) is 9.50 Å². The van der Waals surface area contributed by atoms with Crippen LogP contribution in [-0.2, 0) is 13.0 Å². The van der Waals surface area contributed by atoms with E-state index in [9.17, 15) is 0 Å². The van der Waals surface area contributed by atoms with Gasteiger partial charge in [0.2, 0.25) is 0 Å². The Hall–Kier alpha value is -1.42. The van der Waals surface area contributed by atoms with Gasteiger partial charge in [0, 0.05) is 6.54 Å². The van der Waals surface area contributed by atoms with Gasteiger partial charge in [-0.15, -0.1) is 0 Å². The van der Waals surface area contributed by atoms with Crippen molar-refractivity contribution in [2.45, 2.75) is 33.2 Å². The van der Waals surface area contributed by atoms with E-state index in [-0.39, 0.29) is 0 Å². The summed E-state index contributed by atoms with van der Waals surface area (Å²) in [5.41, 5.74) is 9.63. The van der Waals surface area contributed by atoms with Crippen LogP contribution in [0.2, 0.25) is 0 Å². The highest BCUT2D eigenvalue weighted by Crippen LogP contribution is 2.11. The van der Waals surface area contributed by atoms with Crippen molar-refractivity contribution in [1.29, 1.82) is 0 Å². The van der Waals surface area contributed by atoms with Gasteiger partial charge in [0.15, 0.2) is 5.65 Å². The Morgan fingerprint density at radius 3 is 2.87 bits per heavy atom. The van der Waals surface area contributed by atoms with Crippen molar-refractivity contribution in [2.75, 3.05) is 0 Å². The maximum absolute atomic E-state index is 5.68. The molecule has 4 heteroatoms. The minimum absolute atomic E-state index is 0.482. The number of rotatable bonds is 3. The van der Waals surface area contributed by atoms with Gasteiger partial charge in [-0.3, -0.25) is 0 Å². The van der Waals surface area contributed by atoms with Gasteiger partial charge < -0.3 is 5.73 Å². The summed E-state index contributed by atoms with van der Waals surface area (Å²) >= 11 is 0. The number of imidazole rings is 1. The molecule has 0 fully saturated rings. The average Bonchev–Trinajstić information content (AvgIpc) is 2.53. The zero-order chi connectivity index (χ0) is 10.8. The van der Waals surface area contributed by atoms with Crippen molar-refractivity contribution in [3.8, 4) is 0 Å². The first-order valence-corrected chi connectivity index (χ1v) is 5.30. The molecule has 0 saturated carbocycles. The third-order valence-corrected chi connectivity index (χ3v) is 2.53. The summed E-state index contributed by atoms with van der Waals surface area (Å²) in [5, 5.41) is 4.53. The highest BCUT2D eigenvalue weighted by atomic mass is 15.3. The van der Waals surface area contributed by atoms with Crippen LogP contribution in [0, 0.1) is 6.92 Å². The molecule has 4 nitrogen and oxygen atoms in total. The van der Waals surface area contributed by atoms with Crippen LogP contribution in [-0.4, -0.2) is 14.6 Å². The summed E-state index contributed by atoms with van der Waals surface area (Å²) in [6, 6.07) is 4.04. The fourth-order valence-electron chi connectivity index (χ4n) is 1.75. The fourth-order valence-corrected chi connectivity index (χ4v) is 1.75. The van der Waals surface area contributed by atoms with Crippen LogP contribution in [0.25, 0.3) is 5.65 Å². The van der Waals surface area contributed by atoms with Crippen molar-refractivity contribution < 1.29 is 0 Å². The highest BCUT2D eigenvalue weighted by Gasteiger charge is 2.08. The van der Waals surface area contributed by atoms with Crippen LogP contribution in [0.4, 0.5) is 0 Å². The van der Waals surface area contributed by atoms with Gasteiger partial charge in [0.05, 0.1) is 17.1 Å². The summed E-state index contributed by atoms with van der Waals surface area (Å²) < 4.78 is 1.86. The molecule has 0 amide bonds. The fraction of sp³-hybridized carbons (Fsp3) is 0.455. The first-order chi connectivity index (χ1) is 7.26. The lowest BCUT2D eigenvalue weighted by Gasteiger charge is -2.01. The van der Waals surface area contributed by atoms with Crippen LogP contribution < -0.4 is 5.73 Å². The largest absolute Gasteiger partial charge is 0.325 e. The lowest BCUT2D eigenvalue weighted by molar-refractivity contribution is 0.775. The third-order valence-electron chi connectivity index (χ3n) is 2.53. The molecule has 0 aliphatic carbocycles. The second-order valence-corrected chi connectivity index (χ2v) is 3.69. The molecule has 0 unspecified atom stereocenters. The standard InChI is InChI=1S/C11H16N4/c1-3-4-9-5-6-11-13-8(2)10(7-12)15(11)14-9/h5-6H,3-4,7,12H2,1-2H3. The third kappa shape index (κ3) is 1.72. The Morgan fingerprint density at radius 1 is 1.40 bits per heavy atom. The maximum atomic E-state index is 5.68. The number of fused-ring (bicyclic) bond motifs is 1. The molecule has 2 rings (SSSR count). The molecule has 0 radical (unpaired) electrons. The summed E-state index contributed by atoms with van der Waals surface area (Å²) in [6.45, 7) is 4.60. The van der Waals surface area contributed by atoms with Crippen molar-refractivity contribution in [3.05, 3.63) is 29.2 Å². The van der Waals surface area contributed by atoms with Gasteiger partial charge >= 0.3 is 0 Å². The Labute approximate surface area is 89.1 Å². The van der Waals surface area contributed by atoms with E-state index in [1.54, 1.807) is 0 Å². The molecule has 0 aliphatic heterocycles. The average molecular weight is 204 g/mol. The molecule has 0 spiro atoms. The molecule has 0 aliphatic rings. The molecule has 0 saturated heterocycles. The number of hydrogen-bond donors (Lipinski definition) is 1. The molecule has 0 atom stereocenters. The molecule has 2 aromatic heterocycles. The molecule has 80 valence electrons. The second kappa shape index (κ2) is 3.98. The van der Waals surface area contributed by atoms with E-state index >= 15 is 0 Å². The van der Waals surface area contributed by atoms with E-state index < -0.39 is 0 Å². The Bertz CT molecular complexity index is 473. The molecular formula is C11H16N4. The molecule has 2 aromatic rings. The van der Waals surface area contributed by atoms with Crippen LogP contribution in [0.5, 0.6) is 0 Å². The van der Waals surface area contributed by atoms with Gasteiger partial charge in [0.25, 0.3) is 0 Å². The van der Waals surface area contributed by atoms with Crippen molar-refractivity contribution in [3.63, 3.8) is 0 Å². The van der Waals surface area contributed by atoms with Crippen LogP contribution in [0.1, 0.15) is 30.4 Å². The second-order valence-electron chi connectivity index (χ2n) is 3.69. The first kappa shape index (κ1) is 10.1. The number of nitrogens with zero attached hydrogens (tertiary/aromatic N) is 3. The molecule has 0 aromatic carbocycles. The van der Waals surface area contributed by atoms with E-state index in [4.69, 9.17) is 5.73 Å². The predicted molar refractivity (Wildman–Crippen MR) is 59.6 cm³/mol. The lowest BCUT2D eigenvalue weighted by Crippen LogP contribution is -2.06. The van der Waals surface area contributed by atoms with E-state index in [1.165, 1.54) is 0 Å². The predicted octanol–water partition coefficient (Wildman–Crippen LogP) is 1.45. The van der Waals surface area contributed by atoms with E-state index in [2.05, 4.69) is 17.0 Å². The molecular weight excluding hydrogens is 188 g/mol. The SMILES string of the molecule is CCCc1ccc2nc(C)c(CN)n2n1. The van der Waals surface area contributed by atoms with Gasteiger partial charge in [-0.2, -0.15) is 5.10 Å². The maximum Gasteiger partial charge on any atom is 0.154 e. The Kier molecular flexibility index (Phi) is 2.68. The molecule has 2 N–H and O–H groups in total. The number of nitrogens with two attached hydrogens (primary N) is 1. The minimum Gasteiger partial charge on any atom is -0.325 e. The summed E-state index contributed by atoms with van der Waals surface area (Å²) in [6.07, 6.45) is 2.10. The van der Waals surface area contributed by atoms with Gasteiger partial charge in [0.1, 0.15) is 0 Å². The zero-order valence-electron chi connectivity index (χ0n) is 9.20. The van der Waals surface area contributed by atoms with Gasteiger partial charge in [-0.1, -0.05) is 13.3 Å². The summed E-state index contributed by atoms with van der Waals surface area (Å²) in [4.78, 5) is 4.41. The highest BCUT2D eigenvalue weighted by molar-refractivity contribution is 5.41. The van der Waals surface area contributed by atoms with Crippen LogP contribution in [0.3, 0.4) is 0 Å². The minimum atomic E-state index is 0.482. The number of aryl methyl sites for hydroxylation is 2. The lowest BCUT2D eigenvalue weighted by atomic mass is 10.2. The summed E-state index contributed by atoms with van der Waals surface area (Å²) in [5.74, 6) is 0. The molecule has 0 bridgehead atoms. The van der Waals surface area contributed by atoms with E-state index in [0.29, 0.717) is 6.54 Å². The Balaban J connectivity index is 2.57. The Morgan fingerprint density at radius 2 is 2.20 bits per heavy atom. The van der Waals surface area contributed by atoms with Crippen molar-refractivity contribution >= 4 is 5.65 Å². The number of aromatic nitrogens is 3. The monoisotopic (exact) mass is 204 g/mol. The smallest absolute Gasteiger partial charge is 0.154 e. The number of hydrogen-bond acceptors (Lipinski definition) is 3. The van der Waals surface area contributed by atoms with Crippen LogP contribution in [0.15, 0.2) is 12.1 Å². The summed E-state index contributed by atoms with van der Waals surface area (Å²) in [7, 11) is 0. The quantitative estimate of drug-likeness (QED) is 0.823. The van der Waals surface area contributed by atoms with E-state index in [1.807, 2.05) is 23.6 Å². The van der Waals surface area contributed by atoms with E-state index in [0.717, 1.165) is 35.6 Å². The topological polar surface area (TPSA) is 56.2 Å². The molecule has 15 heavy (non-hydrogen) atoms. The molecule has 2 heterocycles. The normalized spacial score (nSPS) is 11.1. The van der Waals surface area contributed by atoms with Crippen LogP contribution >= 0.6 is 0 Å².